The van der Waals surface area contributed by atoms with E-state index < -0.39 is 37.0 Å². The van der Waals surface area contributed by atoms with Crippen molar-refractivity contribution < 1.29 is 32.4 Å². The summed E-state index contributed by atoms with van der Waals surface area (Å²) in [6, 6.07) is -0.586. The highest BCUT2D eigenvalue weighted by molar-refractivity contribution is 8.00. The van der Waals surface area contributed by atoms with Crippen LogP contribution in [0.15, 0.2) is 12.0 Å². The molecule has 2 unspecified atom stereocenters. The SMILES string of the molecule is NC1NC(=O)N(C2CSC3(COP(=O)(O)OC3)O2)C=C1F. The second-order valence-corrected chi connectivity index (χ2v) is 7.48. The van der Waals surface area contributed by atoms with Crippen molar-refractivity contribution in [2.24, 2.45) is 5.73 Å². The number of hydrogen-bond donors (Lipinski definition) is 3. The first-order valence-electron chi connectivity index (χ1n) is 5.96. The standard InChI is InChI=1S/C9H13FN3O6PS/c10-5-1-13(8(14)12-7(5)11)6-2-21-9(19-6)3-17-20(15,16)18-4-9/h1,6-7H,2-4,11H2,(H,12,14)(H,15,16). The molecule has 118 valence electrons. The number of halogens is 1. The van der Waals surface area contributed by atoms with E-state index in [-0.39, 0.29) is 13.2 Å². The first-order chi connectivity index (χ1) is 9.80. The van der Waals surface area contributed by atoms with Gasteiger partial charge in [-0.3, -0.25) is 13.9 Å². The van der Waals surface area contributed by atoms with Crippen LogP contribution in [-0.4, -0.2) is 52.1 Å². The Morgan fingerprint density at radius 3 is 2.90 bits per heavy atom. The Morgan fingerprint density at radius 2 is 2.24 bits per heavy atom. The quantitative estimate of drug-likeness (QED) is 0.571. The maximum atomic E-state index is 13.5. The number of urea groups is 1. The summed E-state index contributed by atoms with van der Waals surface area (Å²) in [6.07, 6.45) is -0.940. The number of nitrogens with zero attached hydrogens (tertiary/aromatic N) is 1. The molecule has 0 bridgehead atoms. The van der Waals surface area contributed by atoms with Crippen molar-refractivity contribution >= 4 is 25.6 Å². The minimum absolute atomic E-state index is 0.164. The number of phosphoric acid groups is 1. The minimum atomic E-state index is -4.02. The third kappa shape index (κ3) is 2.95. The first-order valence-corrected chi connectivity index (χ1v) is 8.44. The van der Waals surface area contributed by atoms with Crippen molar-refractivity contribution in [3.8, 4) is 0 Å². The van der Waals surface area contributed by atoms with Crippen molar-refractivity contribution in [2.45, 2.75) is 17.3 Å². The smallest absolute Gasteiger partial charge is 0.335 e. The van der Waals surface area contributed by atoms with Crippen molar-refractivity contribution in [2.75, 3.05) is 19.0 Å². The van der Waals surface area contributed by atoms with Gasteiger partial charge in [0.2, 0.25) is 0 Å². The number of hydrogen-bond acceptors (Lipinski definition) is 7. The summed E-state index contributed by atoms with van der Waals surface area (Å²) in [4.78, 5) is 21.0. The lowest BCUT2D eigenvalue weighted by atomic mass is 10.3. The molecule has 3 aliphatic rings. The zero-order valence-electron chi connectivity index (χ0n) is 10.6. The number of phosphoric ester groups is 1. The summed E-state index contributed by atoms with van der Waals surface area (Å²) in [6.45, 7) is -0.327. The molecule has 4 N–H and O–H groups in total. The van der Waals surface area contributed by atoms with Gasteiger partial charge in [0.05, 0.1) is 13.2 Å². The van der Waals surface area contributed by atoms with Crippen LogP contribution in [0.3, 0.4) is 0 Å². The van der Waals surface area contributed by atoms with Gasteiger partial charge in [0.1, 0.15) is 12.4 Å². The third-order valence-electron chi connectivity index (χ3n) is 3.12. The topological polar surface area (TPSA) is 123 Å². The Labute approximate surface area is 123 Å². The molecule has 2 amide bonds. The molecule has 9 nitrogen and oxygen atoms in total. The molecule has 1 spiro atoms. The molecule has 0 saturated carbocycles. The zero-order valence-corrected chi connectivity index (χ0v) is 12.3. The van der Waals surface area contributed by atoms with E-state index in [1.807, 2.05) is 0 Å². The molecule has 2 fully saturated rings. The molecule has 0 aromatic heterocycles. The molecule has 0 aromatic rings. The summed E-state index contributed by atoms with van der Waals surface area (Å²) in [5.74, 6) is -0.366. The molecule has 0 aliphatic carbocycles. The van der Waals surface area contributed by atoms with E-state index in [1.165, 1.54) is 11.8 Å². The Balaban J connectivity index is 1.70. The molecule has 12 heteroatoms. The highest BCUT2D eigenvalue weighted by Gasteiger charge is 2.50. The van der Waals surface area contributed by atoms with Crippen LogP contribution >= 0.6 is 19.6 Å². The van der Waals surface area contributed by atoms with Gasteiger partial charge in [-0.15, -0.1) is 11.8 Å². The van der Waals surface area contributed by atoms with Crippen molar-refractivity contribution in [3.63, 3.8) is 0 Å². The van der Waals surface area contributed by atoms with Gasteiger partial charge in [-0.1, -0.05) is 0 Å². The number of ether oxygens (including phenoxy) is 1. The summed E-state index contributed by atoms with van der Waals surface area (Å²) >= 11 is 1.26. The fraction of sp³-hybridized carbons (Fsp3) is 0.667. The molecular weight excluding hydrogens is 328 g/mol. The normalized spacial score (nSPS) is 43.9. The Bertz CT molecular complexity index is 536. The van der Waals surface area contributed by atoms with E-state index >= 15 is 0 Å². The zero-order chi connectivity index (χ0) is 15.3. The van der Waals surface area contributed by atoms with Gasteiger partial charge < -0.3 is 20.7 Å². The Hall–Kier alpha value is -0.680. The van der Waals surface area contributed by atoms with Gasteiger partial charge in [-0.2, -0.15) is 0 Å². The molecule has 3 aliphatic heterocycles. The maximum absolute atomic E-state index is 13.5. The molecule has 2 atom stereocenters. The maximum Gasteiger partial charge on any atom is 0.472 e. The molecule has 0 aromatic carbocycles. The predicted molar refractivity (Wildman–Crippen MR) is 69.3 cm³/mol. The van der Waals surface area contributed by atoms with Crippen LogP contribution in [-0.2, 0) is 18.3 Å². The minimum Gasteiger partial charge on any atom is -0.335 e. The Morgan fingerprint density at radius 1 is 1.57 bits per heavy atom. The summed E-state index contributed by atoms with van der Waals surface area (Å²) < 4.78 is 39.8. The number of thioether (sulfide) groups is 1. The lowest BCUT2D eigenvalue weighted by Gasteiger charge is -2.35. The van der Waals surface area contributed by atoms with Crippen LogP contribution in [0.4, 0.5) is 9.18 Å². The Kier molecular flexibility index (Phi) is 3.77. The van der Waals surface area contributed by atoms with Crippen LogP contribution < -0.4 is 11.1 Å². The summed E-state index contributed by atoms with van der Waals surface area (Å²) in [5, 5.41) is 2.25. The number of carbonyl (C=O) groups is 1. The van der Waals surface area contributed by atoms with Gasteiger partial charge in [-0.25, -0.2) is 13.8 Å². The van der Waals surface area contributed by atoms with Crippen molar-refractivity contribution in [1.29, 1.82) is 0 Å². The van der Waals surface area contributed by atoms with Gasteiger partial charge >= 0.3 is 13.9 Å². The van der Waals surface area contributed by atoms with E-state index in [2.05, 4.69) is 5.32 Å². The molecule has 2 saturated heterocycles. The van der Waals surface area contributed by atoms with Gasteiger partial charge in [0.25, 0.3) is 0 Å². The molecule has 21 heavy (non-hydrogen) atoms. The van der Waals surface area contributed by atoms with E-state index in [4.69, 9.17) is 24.4 Å². The summed E-state index contributed by atoms with van der Waals surface area (Å²) in [7, 11) is -4.02. The third-order valence-corrected chi connectivity index (χ3v) is 5.34. The van der Waals surface area contributed by atoms with E-state index in [9.17, 15) is 13.8 Å². The number of amides is 2. The van der Waals surface area contributed by atoms with Gasteiger partial charge in [0.15, 0.2) is 10.8 Å². The molecule has 3 rings (SSSR count). The van der Waals surface area contributed by atoms with E-state index in [0.29, 0.717) is 5.75 Å². The fourth-order valence-corrected chi connectivity index (χ4v) is 4.16. The van der Waals surface area contributed by atoms with Crippen molar-refractivity contribution in [1.82, 2.24) is 10.2 Å². The average molecular weight is 341 g/mol. The second kappa shape index (κ2) is 5.20. The fourth-order valence-electron chi connectivity index (χ4n) is 2.03. The molecular formula is C9H13FN3O6PS. The van der Waals surface area contributed by atoms with E-state index in [1.54, 1.807) is 0 Å². The summed E-state index contributed by atoms with van der Waals surface area (Å²) in [5.41, 5.74) is 5.35. The lowest BCUT2D eigenvalue weighted by Crippen LogP contribution is -2.55. The number of rotatable bonds is 1. The van der Waals surface area contributed by atoms with Gasteiger partial charge in [0, 0.05) is 12.0 Å². The van der Waals surface area contributed by atoms with Crippen LogP contribution in [0, 0.1) is 0 Å². The van der Waals surface area contributed by atoms with Crippen LogP contribution in [0.5, 0.6) is 0 Å². The monoisotopic (exact) mass is 341 g/mol. The van der Waals surface area contributed by atoms with Crippen LogP contribution in [0.25, 0.3) is 0 Å². The average Bonchev–Trinajstić information content (AvgIpc) is 2.83. The number of nitrogens with one attached hydrogen (secondary N) is 1. The van der Waals surface area contributed by atoms with Crippen LogP contribution in [0.2, 0.25) is 0 Å². The molecule has 3 heterocycles. The number of carbonyl (C=O) groups excluding carboxylic acids is 1. The van der Waals surface area contributed by atoms with Gasteiger partial charge in [-0.05, 0) is 0 Å². The van der Waals surface area contributed by atoms with Crippen molar-refractivity contribution in [3.05, 3.63) is 12.0 Å². The second-order valence-electron chi connectivity index (χ2n) is 4.66. The highest BCUT2D eigenvalue weighted by atomic mass is 32.2. The number of nitrogens with two attached hydrogens (primary N) is 1. The predicted octanol–water partition coefficient (Wildman–Crippen LogP) is 0.0403. The van der Waals surface area contributed by atoms with E-state index in [0.717, 1.165) is 11.1 Å². The largest absolute Gasteiger partial charge is 0.472 e. The molecule has 0 radical (unpaired) electrons. The van der Waals surface area contributed by atoms with Crippen LogP contribution in [0.1, 0.15) is 0 Å². The lowest BCUT2D eigenvalue weighted by molar-refractivity contribution is -0.115. The first kappa shape index (κ1) is 15.2. The highest BCUT2D eigenvalue weighted by Crippen LogP contribution is 2.53.